The van der Waals surface area contributed by atoms with E-state index in [0.29, 0.717) is 5.92 Å². The molecular formula is C24H25F2NO2. The van der Waals surface area contributed by atoms with E-state index in [9.17, 15) is 13.6 Å². The molecule has 152 valence electrons. The Bertz CT molecular complexity index is 912. The first-order valence-corrected chi connectivity index (χ1v) is 10.2. The molecule has 0 N–H and O–H groups in total. The summed E-state index contributed by atoms with van der Waals surface area (Å²) in [4.78, 5) is 12.2. The average molecular weight is 397 g/mol. The van der Waals surface area contributed by atoms with Crippen molar-refractivity contribution in [2.75, 3.05) is 0 Å². The summed E-state index contributed by atoms with van der Waals surface area (Å²) in [6.45, 7) is 2.25. The second-order valence-corrected chi connectivity index (χ2v) is 7.79. The monoisotopic (exact) mass is 397 g/mol. The highest BCUT2D eigenvalue weighted by Crippen LogP contribution is 2.33. The van der Waals surface area contributed by atoms with Gasteiger partial charge in [0.2, 0.25) is 0 Å². The first-order valence-electron chi connectivity index (χ1n) is 10.2. The molecule has 0 amide bonds. The van der Waals surface area contributed by atoms with Crippen LogP contribution in [0.25, 0.3) is 0 Å². The fraction of sp³-hybridized carbons (Fsp3) is 0.417. The molecule has 1 saturated carbocycles. The Balaban J connectivity index is 1.58. The molecule has 5 heteroatoms. The first kappa shape index (κ1) is 21.0. The van der Waals surface area contributed by atoms with Crippen LogP contribution < -0.4 is 4.74 Å². The summed E-state index contributed by atoms with van der Waals surface area (Å²) in [6, 6.07) is 9.69. The molecule has 1 aliphatic carbocycles. The Morgan fingerprint density at radius 1 is 1.07 bits per heavy atom. The van der Waals surface area contributed by atoms with Gasteiger partial charge in [-0.2, -0.15) is 5.26 Å². The van der Waals surface area contributed by atoms with Crippen molar-refractivity contribution in [2.24, 2.45) is 11.8 Å². The summed E-state index contributed by atoms with van der Waals surface area (Å²) in [7, 11) is 0. The summed E-state index contributed by atoms with van der Waals surface area (Å²) in [5.74, 6) is -0.845. The van der Waals surface area contributed by atoms with E-state index in [1.165, 1.54) is 56.4 Å². The van der Waals surface area contributed by atoms with Gasteiger partial charge in [-0.1, -0.05) is 45.1 Å². The van der Waals surface area contributed by atoms with Gasteiger partial charge >= 0.3 is 5.97 Å². The maximum absolute atomic E-state index is 14.4. The normalized spacial score (nSPS) is 18.8. The molecule has 1 fully saturated rings. The van der Waals surface area contributed by atoms with Crippen LogP contribution in [-0.2, 0) is 6.42 Å². The highest BCUT2D eigenvalue weighted by atomic mass is 19.1. The van der Waals surface area contributed by atoms with Crippen LogP contribution >= 0.6 is 0 Å². The van der Waals surface area contributed by atoms with E-state index in [-0.39, 0.29) is 16.9 Å². The summed E-state index contributed by atoms with van der Waals surface area (Å²) in [6.07, 6.45) is 8.13. The average Bonchev–Trinajstić information content (AvgIpc) is 2.72. The molecule has 0 radical (unpaired) electrons. The quantitative estimate of drug-likeness (QED) is 0.430. The lowest BCUT2D eigenvalue weighted by Crippen LogP contribution is -2.15. The Labute approximate surface area is 170 Å². The highest BCUT2D eigenvalue weighted by Gasteiger charge is 2.20. The molecule has 1 aliphatic rings. The summed E-state index contributed by atoms with van der Waals surface area (Å²) < 4.78 is 33.1. The molecule has 0 aromatic heterocycles. The zero-order valence-corrected chi connectivity index (χ0v) is 16.6. The highest BCUT2D eigenvalue weighted by molar-refractivity contribution is 5.91. The number of benzene rings is 2. The van der Waals surface area contributed by atoms with Crippen molar-refractivity contribution < 1.29 is 18.3 Å². The second-order valence-electron chi connectivity index (χ2n) is 7.79. The van der Waals surface area contributed by atoms with Gasteiger partial charge in [0.15, 0.2) is 0 Å². The molecule has 0 saturated heterocycles. The number of rotatable bonds is 6. The molecule has 0 bridgehead atoms. The zero-order chi connectivity index (χ0) is 20.8. The Morgan fingerprint density at radius 2 is 1.79 bits per heavy atom. The maximum Gasteiger partial charge on any atom is 0.346 e. The van der Waals surface area contributed by atoms with Crippen LogP contribution in [-0.4, -0.2) is 5.97 Å². The van der Waals surface area contributed by atoms with E-state index in [2.05, 4.69) is 6.92 Å². The largest absolute Gasteiger partial charge is 0.423 e. The summed E-state index contributed by atoms with van der Waals surface area (Å²) in [5, 5.41) is 8.73. The molecule has 3 rings (SSSR count). The molecule has 2 aromatic carbocycles. The number of halogens is 2. The van der Waals surface area contributed by atoms with Gasteiger partial charge in [0, 0.05) is 6.07 Å². The fourth-order valence-electron chi connectivity index (χ4n) is 3.99. The predicted octanol–water partition coefficient (Wildman–Crippen LogP) is 6.20. The smallest absolute Gasteiger partial charge is 0.346 e. The number of aryl methyl sites for hydroxylation is 1. The molecular weight excluding hydrogens is 372 g/mol. The van der Waals surface area contributed by atoms with Gasteiger partial charge in [-0.3, -0.25) is 0 Å². The third-order valence-electron chi connectivity index (χ3n) is 5.91. The van der Waals surface area contributed by atoms with Crippen molar-refractivity contribution in [2.45, 2.75) is 51.9 Å². The molecule has 29 heavy (non-hydrogen) atoms. The Kier molecular flexibility index (Phi) is 6.98. The van der Waals surface area contributed by atoms with Crippen LogP contribution in [0.3, 0.4) is 0 Å². The number of esters is 1. The summed E-state index contributed by atoms with van der Waals surface area (Å²) >= 11 is 0. The lowest BCUT2D eigenvalue weighted by molar-refractivity contribution is 0.0729. The predicted molar refractivity (Wildman–Crippen MR) is 107 cm³/mol. The van der Waals surface area contributed by atoms with E-state index in [1.807, 2.05) is 0 Å². The molecule has 0 spiro atoms. The fourth-order valence-corrected chi connectivity index (χ4v) is 3.99. The van der Waals surface area contributed by atoms with Crippen LogP contribution in [0.2, 0.25) is 0 Å². The zero-order valence-electron chi connectivity index (χ0n) is 16.6. The molecule has 0 unspecified atom stereocenters. The molecule has 0 heterocycles. The third-order valence-corrected chi connectivity index (χ3v) is 5.91. The number of hydrogen-bond donors (Lipinski definition) is 0. The van der Waals surface area contributed by atoms with Crippen LogP contribution in [0, 0.1) is 34.8 Å². The molecule has 3 nitrogen and oxygen atoms in total. The SMILES string of the molecule is CCC1CCC(CCc2ccc(C(=O)Oc3ccc(C#N)c(F)c3)c(F)c2)CC1. The number of carbonyl (C=O) groups is 1. The maximum atomic E-state index is 14.4. The minimum atomic E-state index is -0.893. The van der Waals surface area contributed by atoms with Gasteiger partial charge in [-0.15, -0.1) is 0 Å². The molecule has 2 aromatic rings. The number of nitriles is 1. The number of nitrogens with zero attached hydrogens (tertiary/aromatic N) is 1. The van der Waals surface area contributed by atoms with Crippen molar-refractivity contribution in [3.63, 3.8) is 0 Å². The summed E-state index contributed by atoms with van der Waals surface area (Å²) in [5.41, 5.74) is 0.520. The van der Waals surface area contributed by atoms with Crippen molar-refractivity contribution in [1.29, 1.82) is 5.26 Å². The van der Waals surface area contributed by atoms with Gasteiger partial charge in [0.05, 0.1) is 11.1 Å². The number of hydrogen-bond acceptors (Lipinski definition) is 3. The minimum absolute atomic E-state index is 0.0716. The van der Waals surface area contributed by atoms with Crippen molar-refractivity contribution in [1.82, 2.24) is 0 Å². The van der Waals surface area contributed by atoms with Gasteiger partial charge < -0.3 is 4.74 Å². The van der Waals surface area contributed by atoms with Crippen LogP contribution in [0.1, 0.15) is 66.9 Å². The van der Waals surface area contributed by atoms with E-state index in [1.54, 1.807) is 12.1 Å². The topological polar surface area (TPSA) is 50.1 Å². The number of ether oxygens (including phenoxy) is 1. The van der Waals surface area contributed by atoms with Crippen LogP contribution in [0.15, 0.2) is 36.4 Å². The van der Waals surface area contributed by atoms with Crippen molar-refractivity contribution >= 4 is 5.97 Å². The van der Waals surface area contributed by atoms with E-state index >= 15 is 0 Å². The van der Waals surface area contributed by atoms with Crippen molar-refractivity contribution in [3.8, 4) is 11.8 Å². The lowest BCUT2D eigenvalue weighted by Gasteiger charge is -2.27. The standard InChI is InChI=1S/C24H25F2NO2/c1-2-16-3-5-17(6-4-16)7-8-18-9-12-21(23(26)13-18)24(28)29-20-11-10-19(15-27)22(25)14-20/h9-14,16-17H,2-8H2,1H3. The third kappa shape index (κ3) is 5.41. The van der Waals surface area contributed by atoms with Gasteiger partial charge in [-0.25, -0.2) is 13.6 Å². The van der Waals surface area contributed by atoms with Gasteiger partial charge in [0.25, 0.3) is 0 Å². The van der Waals surface area contributed by atoms with E-state index in [4.69, 9.17) is 10.00 Å². The lowest BCUT2D eigenvalue weighted by atomic mass is 9.78. The Hall–Kier alpha value is -2.74. The number of carbonyl (C=O) groups excluding carboxylic acids is 1. The molecule has 0 aliphatic heterocycles. The van der Waals surface area contributed by atoms with Gasteiger partial charge in [0.1, 0.15) is 23.5 Å². The minimum Gasteiger partial charge on any atom is -0.423 e. The molecule has 0 atom stereocenters. The second kappa shape index (κ2) is 9.65. The van der Waals surface area contributed by atoms with Crippen LogP contribution in [0.5, 0.6) is 5.75 Å². The van der Waals surface area contributed by atoms with E-state index < -0.39 is 17.6 Å². The van der Waals surface area contributed by atoms with Crippen LogP contribution in [0.4, 0.5) is 8.78 Å². The Morgan fingerprint density at radius 3 is 2.41 bits per heavy atom. The van der Waals surface area contributed by atoms with Gasteiger partial charge in [-0.05, 0) is 54.5 Å². The first-order chi connectivity index (χ1) is 14.0. The van der Waals surface area contributed by atoms with Crippen molar-refractivity contribution in [3.05, 3.63) is 64.7 Å². The van der Waals surface area contributed by atoms with E-state index in [0.717, 1.165) is 30.4 Å².